The summed E-state index contributed by atoms with van der Waals surface area (Å²) in [6, 6.07) is 8.71. The largest absolute Gasteiger partial charge is 0.417 e. The number of aromatic nitrogens is 1. The van der Waals surface area contributed by atoms with Crippen LogP contribution in [0.3, 0.4) is 0 Å². The number of alkyl halides is 3. The highest BCUT2D eigenvalue weighted by Crippen LogP contribution is 2.34. The van der Waals surface area contributed by atoms with Gasteiger partial charge < -0.3 is 5.32 Å². The Bertz CT molecular complexity index is 743. The second kappa shape index (κ2) is 7.94. The number of hydrogen-bond donors (Lipinski definition) is 1. The SMILES string of the molecule is CC[C@@H]1CN[C@@H](C)CN1C(c1ccc(F)cc1)c1ccc(C(F)(F)F)cn1. The van der Waals surface area contributed by atoms with Gasteiger partial charge in [-0.05, 0) is 43.2 Å². The summed E-state index contributed by atoms with van der Waals surface area (Å²) in [5.41, 5.74) is 0.572. The van der Waals surface area contributed by atoms with E-state index in [9.17, 15) is 17.6 Å². The van der Waals surface area contributed by atoms with Crippen LogP contribution in [0.15, 0.2) is 42.6 Å². The minimum absolute atomic E-state index is 0.209. The molecular weight excluding hydrogens is 358 g/mol. The normalized spacial score (nSPS) is 22.6. The van der Waals surface area contributed by atoms with Gasteiger partial charge in [0.25, 0.3) is 0 Å². The predicted octanol–water partition coefficient (Wildman–Crippen LogP) is 4.40. The van der Waals surface area contributed by atoms with Crippen LogP contribution in [-0.4, -0.2) is 35.1 Å². The maximum absolute atomic E-state index is 13.4. The average Bonchev–Trinajstić information content (AvgIpc) is 2.63. The molecule has 27 heavy (non-hydrogen) atoms. The fourth-order valence-electron chi connectivity index (χ4n) is 3.59. The number of halogens is 4. The van der Waals surface area contributed by atoms with Crippen LogP contribution in [0.4, 0.5) is 17.6 Å². The average molecular weight is 381 g/mol. The first-order valence-corrected chi connectivity index (χ1v) is 9.07. The second-order valence-corrected chi connectivity index (χ2v) is 6.99. The Hall–Kier alpha value is -1.99. The van der Waals surface area contributed by atoms with E-state index in [-0.39, 0.29) is 23.9 Å². The quantitative estimate of drug-likeness (QED) is 0.796. The van der Waals surface area contributed by atoms with Crippen molar-refractivity contribution >= 4 is 0 Å². The van der Waals surface area contributed by atoms with E-state index in [0.29, 0.717) is 5.69 Å². The molecule has 1 unspecified atom stereocenters. The Morgan fingerprint density at radius 1 is 1.19 bits per heavy atom. The highest BCUT2D eigenvalue weighted by molar-refractivity contribution is 5.30. The fraction of sp³-hybridized carbons (Fsp3) is 0.450. The Labute approximate surface area is 156 Å². The van der Waals surface area contributed by atoms with E-state index in [1.165, 1.54) is 18.2 Å². The molecule has 1 aliphatic heterocycles. The summed E-state index contributed by atoms with van der Waals surface area (Å²) in [5.74, 6) is -0.349. The van der Waals surface area contributed by atoms with Gasteiger partial charge in [0.1, 0.15) is 5.82 Å². The monoisotopic (exact) mass is 381 g/mol. The van der Waals surface area contributed by atoms with E-state index in [4.69, 9.17) is 0 Å². The standard InChI is InChI=1S/C20H23F4N3/c1-3-17-11-25-13(2)12-27(17)19(14-4-7-16(21)8-5-14)18-9-6-15(10-26-18)20(22,23)24/h4-10,13,17,19,25H,3,11-12H2,1-2H3/t13-,17+,19?/m0/s1. The number of nitrogens with one attached hydrogen (secondary N) is 1. The lowest BCUT2D eigenvalue weighted by atomic mass is 9.95. The Balaban J connectivity index is 2.03. The third kappa shape index (κ3) is 4.47. The van der Waals surface area contributed by atoms with Crippen LogP contribution in [0.1, 0.15) is 43.1 Å². The molecular formula is C20H23F4N3. The summed E-state index contributed by atoms with van der Waals surface area (Å²) >= 11 is 0. The highest BCUT2D eigenvalue weighted by atomic mass is 19.4. The summed E-state index contributed by atoms with van der Waals surface area (Å²) in [5, 5.41) is 3.44. The van der Waals surface area contributed by atoms with E-state index in [1.807, 2.05) is 0 Å². The molecule has 146 valence electrons. The van der Waals surface area contributed by atoms with Gasteiger partial charge in [-0.25, -0.2) is 4.39 Å². The molecule has 2 heterocycles. The zero-order valence-corrected chi connectivity index (χ0v) is 15.3. The number of rotatable bonds is 4. The first-order chi connectivity index (χ1) is 12.8. The smallest absolute Gasteiger partial charge is 0.311 e. The molecule has 1 aliphatic rings. The van der Waals surface area contributed by atoms with Crippen LogP contribution in [0.2, 0.25) is 0 Å². The van der Waals surface area contributed by atoms with Gasteiger partial charge in [-0.2, -0.15) is 13.2 Å². The van der Waals surface area contributed by atoms with E-state index < -0.39 is 11.7 Å². The van der Waals surface area contributed by atoms with Crippen LogP contribution in [0.5, 0.6) is 0 Å². The van der Waals surface area contributed by atoms with Gasteiger partial charge in [-0.15, -0.1) is 0 Å². The number of nitrogens with zero attached hydrogens (tertiary/aromatic N) is 2. The van der Waals surface area contributed by atoms with Crippen LogP contribution < -0.4 is 5.32 Å². The number of benzene rings is 1. The first-order valence-electron chi connectivity index (χ1n) is 9.07. The molecule has 3 atom stereocenters. The van der Waals surface area contributed by atoms with Gasteiger partial charge in [0, 0.05) is 31.4 Å². The summed E-state index contributed by atoms with van der Waals surface area (Å²) in [7, 11) is 0. The van der Waals surface area contributed by atoms with Gasteiger partial charge in [-0.3, -0.25) is 9.88 Å². The minimum atomic E-state index is -4.42. The van der Waals surface area contributed by atoms with Gasteiger partial charge in [-0.1, -0.05) is 19.1 Å². The second-order valence-electron chi connectivity index (χ2n) is 6.99. The lowest BCUT2D eigenvalue weighted by Gasteiger charge is -2.43. The van der Waals surface area contributed by atoms with Crippen molar-refractivity contribution in [3.8, 4) is 0 Å². The van der Waals surface area contributed by atoms with Crippen LogP contribution >= 0.6 is 0 Å². The lowest BCUT2D eigenvalue weighted by Crippen LogP contribution is -2.56. The molecule has 1 saturated heterocycles. The molecule has 0 bridgehead atoms. The zero-order valence-electron chi connectivity index (χ0n) is 15.3. The summed E-state index contributed by atoms with van der Waals surface area (Å²) < 4.78 is 52.2. The van der Waals surface area contributed by atoms with E-state index in [2.05, 4.69) is 29.0 Å². The molecule has 7 heteroatoms. The molecule has 0 saturated carbocycles. The molecule has 1 N–H and O–H groups in total. The van der Waals surface area contributed by atoms with Crippen LogP contribution in [-0.2, 0) is 6.18 Å². The number of piperazine rings is 1. The zero-order chi connectivity index (χ0) is 19.6. The molecule has 2 aromatic rings. The number of hydrogen-bond acceptors (Lipinski definition) is 3. The van der Waals surface area contributed by atoms with Gasteiger partial charge in [0.05, 0.1) is 17.3 Å². The molecule has 3 rings (SSSR count). The molecule has 1 aromatic heterocycles. The maximum atomic E-state index is 13.4. The van der Waals surface area contributed by atoms with Crippen molar-refractivity contribution in [1.29, 1.82) is 0 Å². The minimum Gasteiger partial charge on any atom is -0.311 e. The summed E-state index contributed by atoms with van der Waals surface area (Å²) in [4.78, 5) is 6.39. The third-order valence-corrected chi connectivity index (χ3v) is 5.04. The topological polar surface area (TPSA) is 28.2 Å². The van der Waals surface area contributed by atoms with Crippen molar-refractivity contribution in [2.75, 3.05) is 13.1 Å². The number of pyridine rings is 1. The van der Waals surface area contributed by atoms with Crippen molar-refractivity contribution in [2.24, 2.45) is 0 Å². The van der Waals surface area contributed by atoms with Crippen LogP contribution in [0, 0.1) is 5.82 Å². The molecule has 0 amide bonds. The van der Waals surface area contributed by atoms with Crippen molar-refractivity contribution in [1.82, 2.24) is 15.2 Å². The fourth-order valence-corrected chi connectivity index (χ4v) is 3.59. The molecule has 1 aromatic carbocycles. The van der Waals surface area contributed by atoms with Crippen molar-refractivity contribution in [3.05, 3.63) is 65.2 Å². The van der Waals surface area contributed by atoms with E-state index in [1.54, 1.807) is 12.1 Å². The summed E-state index contributed by atoms with van der Waals surface area (Å²) in [6.45, 7) is 5.66. The highest BCUT2D eigenvalue weighted by Gasteiger charge is 2.35. The van der Waals surface area contributed by atoms with Gasteiger partial charge >= 0.3 is 6.18 Å². The van der Waals surface area contributed by atoms with Crippen molar-refractivity contribution in [2.45, 2.75) is 44.6 Å². The van der Waals surface area contributed by atoms with Crippen molar-refractivity contribution in [3.63, 3.8) is 0 Å². The molecule has 0 spiro atoms. The molecule has 3 nitrogen and oxygen atoms in total. The van der Waals surface area contributed by atoms with Gasteiger partial charge in [0.2, 0.25) is 0 Å². The third-order valence-electron chi connectivity index (χ3n) is 5.04. The van der Waals surface area contributed by atoms with Gasteiger partial charge in [0.15, 0.2) is 0 Å². The molecule has 0 aliphatic carbocycles. The van der Waals surface area contributed by atoms with Crippen molar-refractivity contribution < 1.29 is 17.6 Å². The Morgan fingerprint density at radius 2 is 1.89 bits per heavy atom. The van der Waals surface area contributed by atoms with E-state index >= 15 is 0 Å². The molecule has 1 fully saturated rings. The Morgan fingerprint density at radius 3 is 2.44 bits per heavy atom. The summed E-state index contributed by atoms with van der Waals surface area (Å²) in [6.07, 6.45) is -2.66. The predicted molar refractivity (Wildman–Crippen MR) is 95.7 cm³/mol. The van der Waals surface area contributed by atoms with E-state index in [0.717, 1.165) is 37.3 Å². The first kappa shape index (κ1) is 19.8. The maximum Gasteiger partial charge on any atom is 0.417 e. The molecule has 0 radical (unpaired) electrons. The lowest BCUT2D eigenvalue weighted by molar-refractivity contribution is -0.137. The van der Waals surface area contributed by atoms with Crippen LogP contribution in [0.25, 0.3) is 0 Å². The Kier molecular flexibility index (Phi) is 5.81.